The molecule has 2 aromatic rings. The summed E-state index contributed by atoms with van der Waals surface area (Å²) >= 11 is 0. The Kier molecular flexibility index (Phi) is 8.25. The minimum Gasteiger partial charge on any atom is -0.483 e. The first-order valence-electron chi connectivity index (χ1n) is 10.2. The van der Waals surface area contributed by atoms with Crippen molar-refractivity contribution in [2.75, 3.05) is 6.61 Å². The van der Waals surface area contributed by atoms with Crippen molar-refractivity contribution in [1.82, 2.24) is 10.2 Å². The summed E-state index contributed by atoms with van der Waals surface area (Å²) in [5.41, 5.74) is 3.01. The molecule has 0 saturated heterocycles. The second kappa shape index (κ2) is 10.6. The van der Waals surface area contributed by atoms with E-state index in [0.29, 0.717) is 12.3 Å². The van der Waals surface area contributed by atoms with Crippen LogP contribution < -0.4 is 10.1 Å². The number of nitrogens with one attached hydrogen (secondary N) is 1. The van der Waals surface area contributed by atoms with Gasteiger partial charge in [0.25, 0.3) is 5.91 Å². The Labute approximate surface area is 174 Å². The quantitative estimate of drug-likeness (QED) is 0.697. The van der Waals surface area contributed by atoms with Gasteiger partial charge in [0, 0.05) is 12.6 Å². The van der Waals surface area contributed by atoms with Crippen molar-refractivity contribution in [3.05, 3.63) is 65.2 Å². The van der Waals surface area contributed by atoms with Crippen LogP contribution in [0.5, 0.6) is 5.75 Å². The van der Waals surface area contributed by atoms with Crippen LogP contribution in [0, 0.1) is 13.8 Å². The van der Waals surface area contributed by atoms with Crippen LogP contribution in [0.15, 0.2) is 48.5 Å². The predicted octanol–water partition coefficient (Wildman–Crippen LogP) is 4.01. The zero-order valence-corrected chi connectivity index (χ0v) is 18.1. The van der Waals surface area contributed by atoms with Gasteiger partial charge in [0.2, 0.25) is 5.91 Å². The van der Waals surface area contributed by atoms with Gasteiger partial charge < -0.3 is 15.0 Å². The molecule has 0 radical (unpaired) electrons. The van der Waals surface area contributed by atoms with Crippen LogP contribution in [-0.4, -0.2) is 35.4 Å². The van der Waals surface area contributed by atoms with Gasteiger partial charge in [-0.05, 0) is 56.9 Å². The lowest BCUT2D eigenvalue weighted by Gasteiger charge is -2.29. The van der Waals surface area contributed by atoms with Crippen molar-refractivity contribution >= 4 is 11.8 Å². The number of carbonyl (C=O) groups excluding carboxylic acids is 2. The van der Waals surface area contributed by atoms with Gasteiger partial charge in [-0.1, -0.05) is 49.4 Å². The van der Waals surface area contributed by atoms with Crippen molar-refractivity contribution in [3.63, 3.8) is 0 Å². The van der Waals surface area contributed by atoms with Gasteiger partial charge in [-0.3, -0.25) is 9.59 Å². The van der Waals surface area contributed by atoms with Crippen molar-refractivity contribution < 1.29 is 14.3 Å². The van der Waals surface area contributed by atoms with Gasteiger partial charge in [-0.25, -0.2) is 0 Å². The zero-order chi connectivity index (χ0) is 21.4. The summed E-state index contributed by atoms with van der Waals surface area (Å²) in [6.07, 6.45) is 0.834. The third-order valence-corrected chi connectivity index (χ3v) is 5.06. The molecule has 5 heteroatoms. The molecular formula is C24H32N2O3. The molecule has 29 heavy (non-hydrogen) atoms. The highest BCUT2D eigenvalue weighted by molar-refractivity contribution is 5.88. The molecule has 0 unspecified atom stereocenters. The molecule has 0 aliphatic carbocycles. The normalized spacial score (nSPS) is 12.7. The van der Waals surface area contributed by atoms with Crippen LogP contribution in [0.3, 0.4) is 0 Å². The highest BCUT2D eigenvalue weighted by atomic mass is 16.5. The molecule has 0 aliphatic rings. The lowest BCUT2D eigenvalue weighted by atomic mass is 10.1. The Morgan fingerprint density at radius 3 is 2.41 bits per heavy atom. The highest BCUT2D eigenvalue weighted by Gasteiger charge is 2.27. The Hall–Kier alpha value is -2.82. The van der Waals surface area contributed by atoms with Crippen LogP contribution in [0.1, 0.15) is 43.9 Å². The number of nitrogens with zero attached hydrogens (tertiary/aromatic N) is 1. The fourth-order valence-electron chi connectivity index (χ4n) is 2.91. The van der Waals surface area contributed by atoms with E-state index in [2.05, 4.69) is 5.32 Å². The van der Waals surface area contributed by atoms with E-state index in [0.717, 1.165) is 23.1 Å². The highest BCUT2D eigenvalue weighted by Crippen LogP contribution is 2.19. The minimum absolute atomic E-state index is 0.0600. The molecule has 0 aliphatic heterocycles. The summed E-state index contributed by atoms with van der Waals surface area (Å²) in [6.45, 7) is 9.90. The van der Waals surface area contributed by atoms with Gasteiger partial charge in [0.05, 0.1) is 0 Å². The Morgan fingerprint density at radius 1 is 1.07 bits per heavy atom. The van der Waals surface area contributed by atoms with Crippen LogP contribution in [0.4, 0.5) is 0 Å². The Morgan fingerprint density at radius 2 is 1.76 bits per heavy atom. The van der Waals surface area contributed by atoms with Gasteiger partial charge in [-0.15, -0.1) is 0 Å². The molecule has 0 spiro atoms. The largest absolute Gasteiger partial charge is 0.483 e. The Bertz CT molecular complexity index is 820. The number of amides is 2. The topological polar surface area (TPSA) is 58.6 Å². The monoisotopic (exact) mass is 396 g/mol. The molecule has 0 fully saturated rings. The van der Waals surface area contributed by atoms with Gasteiger partial charge in [0.15, 0.2) is 6.61 Å². The summed E-state index contributed by atoms with van der Waals surface area (Å²) in [5.74, 6) is 0.312. The van der Waals surface area contributed by atoms with Crippen LogP contribution in [-0.2, 0) is 16.1 Å². The second-order valence-electron chi connectivity index (χ2n) is 7.56. The fourth-order valence-corrected chi connectivity index (χ4v) is 2.91. The molecule has 0 aromatic heterocycles. The maximum absolute atomic E-state index is 13.0. The van der Waals surface area contributed by atoms with E-state index in [1.807, 2.05) is 76.2 Å². The maximum atomic E-state index is 13.0. The van der Waals surface area contributed by atoms with E-state index in [9.17, 15) is 9.59 Å². The van der Waals surface area contributed by atoms with E-state index in [4.69, 9.17) is 4.74 Å². The average molecular weight is 397 g/mol. The van der Waals surface area contributed by atoms with Gasteiger partial charge in [-0.2, -0.15) is 0 Å². The number of rotatable bonds is 9. The molecule has 0 bridgehead atoms. The number of hydrogen-bond acceptors (Lipinski definition) is 3. The molecule has 2 atom stereocenters. The standard InChI is InChI=1S/C24H32N2O3/c1-6-19(4)25-24(28)20(5)26(15-21-10-8-7-9-11-21)23(27)16-29-22-14-17(2)12-13-18(22)3/h7-14,19-20H,6,15-16H2,1-5H3,(H,25,28)/t19-,20+/m1/s1. The number of aryl methyl sites for hydroxylation is 2. The number of hydrogen-bond donors (Lipinski definition) is 1. The van der Waals surface area contributed by atoms with E-state index < -0.39 is 6.04 Å². The maximum Gasteiger partial charge on any atom is 0.261 e. The van der Waals surface area contributed by atoms with Crippen molar-refractivity contribution in [1.29, 1.82) is 0 Å². The summed E-state index contributed by atoms with van der Waals surface area (Å²) in [5, 5.41) is 2.97. The van der Waals surface area contributed by atoms with E-state index in [1.54, 1.807) is 11.8 Å². The first kappa shape index (κ1) is 22.5. The first-order valence-corrected chi connectivity index (χ1v) is 10.2. The SMILES string of the molecule is CC[C@@H](C)NC(=O)[C@H](C)N(Cc1ccccc1)C(=O)COc1cc(C)ccc1C. The van der Waals surface area contributed by atoms with Crippen molar-refractivity contribution in [3.8, 4) is 5.75 Å². The molecule has 2 amide bonds. The zero-order valence-electron chi connectivity index (χ0n) is 18.1. The minimum atomic E-state index is -0.598. The smallest absolute Gasteiger partial charge is 0.261 e. The summed E-state index contributed by atoms with van der Waals surface area (Å²) in [6, 6.07) is 15.0. The number of ether oxygens (including phenoxy) is 1. The molecule has 5 nitrogen and oxygen atoms in total. The predicted molar refractivity (Wildman–Crippen MR) is 116 cm³/mol. The van der Waals surface area contributed by atoms with Crippen LogP contribution in [0.25, 0.3) is 0 Å². The molecule has 0 saturated carbocycles. The van der Waals surface area contributed by atoms with Crippen molar-refractivity contribution in [2.24, 2.45) is 0 Å². The molecule has 2 rings (SSSR count). The summed E-state index contributed by atoms with van der Waals surface area (Å²) in [4.78, 5) is 27.3. The van der Waals surface area contributed by atoms with E-state index >= 15 is 0 Å². The van der Waals surface area contributed by atoms with E-state index in [-0.39, 0.29) is 24.5 Å². The molecule has 156 valence electrons. The number of benzene rings is 2. The molecular weight excluding hydrogens is 364 g/mol. The second-order valence-corrected chi connectivity index (χ2v) is 7.56. The van der Waals surface area contributed by atoms with Crippen LogP contribution in [0.2, 0.25) is 0 Å². The van der Waals surface area contributed by atoms with E-state index in [1.165, 1.54) is 0 Å². The third-order valence-electron chi connectivity index (χ3n) is 5.06. The molecule has 2 aromatic carbocycles. The first-order chi connectivity index (χ1) is 13.8. The molecule has 1 N–H and O–H groups in total. The number of carbonyl (C=O) groups is 2. The lowest BCUT2D eigenvalue weighted by molar-refractivity contribution is -0.142. The average Bonchev–Trinajstić information content (AvgIpc) is 2.72. The van der Waals surface area contributed by atoms with Gasteiger partial charge >= 0.3 is 0 Å². The summed E-state index contributed by atoms with van der Waals surface area (Å²) in [7, 11) is 0. The summed E-state index contributed by atoms with van der Waals surface area (Å²) < 4.78 is 5.81. The van der Waals surface area contributed by atoms with Crippen LogP contribution >= 0.6 is 0 Å². The van der Waals surface area contributed by atoms with Crippen molar-refractivity contribution in [2.45, 2.75) is 59.7 Å². The van der Waals surface area contributed by atoms with Gasteiger partial charge in [0.1, 0.15) is 11.8 Å². The Balaban J connectivity index is 2.15. The third kappa shape index (κ3) is 6.63. The lowest BCUT2D eigenvalue weighted by Crippen LogP contribution is -2.50. The molecule has 0 heterocycles. The fraction of sp³-hybridized carbons (Fsp3) is 0.417.